The molecular formula is C6H14O2P+. The maximum Gasteiger partial charge on any atom is 0.341 e. The average Bonchev–Trinajstić information content (AvgIpc) is 1.84. The third-order valence-electron chi connectivity index (χ3n) is 1.62. The van der Waals surface area contributed by atoms with Crippen molar-refractivity contribution in [1.82, 2.24) is 0 Å². The Kier molecular flexibility index (Phi) is 4.00. The SMILES string of the molecule is COC(C)C(C)[P+](C)=O. The lowest BCUT2D eigenvalue weighted by atomic mass is 10.3. The average molecular weight is 149 g/mol. The van der Waals surface area contributed by atoms with Crippen LogP contribution in [0.3, 0.4) is 0 Å². The number of methoxy groups -OCH3 is 1. The van der Waals surface area contributed by atoms with Crippen molar-refractivity contribution < 1.29 is 9.30 Å². The molecule has 0 radical (unpaired) electrons. The summed E-state index contributed by atoms with van der Waals surface area (Å²) in [5, 5.41) is 0. The number of hydrogen-bond acceptors (Lipinski definition) is 2. The fourth-order valence-electron chi connectivity index (χ4n) is 0.493. The molecular weight excluding hydrogens is 135 g/mol. The third kappa shape index (κ3) is 2.92. The van der Waals surface area contributed by atoms with Crippen LogP contribution in [0.1, 0.15) is 13.8 Å². The quantitative estimate of drug-likeness (QED) is 0.572. The molecule has 3 atom stereocenters. The highest BCUT2D eigenvalue weighted by atomic mass is 31.1. The highest BCUT2D eigenvalue weighted by molar-refractivity contribution is 7.44. The summed E-state index contributed by atoms with van der Waals surface area (Å²) in [7, 11) is 0.557. The molecule has 2 nitrogen and oxygen atoms in total. The van der Waals surface area contributed by atoms with Gasteiger partial charge in [0, 0.05) is 7.11 Å². The van der Waals surface area contributed by atoms with E-state index in [2.05, 4.69) is 0 Å². The summed E-state index contributed by atoms with van der Waals surface area (Å²) in [6.45, 7) is 5.60. The predicted octanol–water partition coefficient (Wildman–Crippen LogP) is 1.87. The van der Waals surface area contributed by atoms with Gasteiger partial charge in [0.15, 0.2) is 5.66 Å². The van der Waals surface area contributed by atoms with Gasteiger partial charge in [-0.25, -0.2) is 0 Å². The molecule has 0 saturated carbocycles. The van der Waals surface area contributed by atoms with Crippen molar-refractivity contribution in [2.75, 3.05) is 13.8 Å². The Morgan fingerprint density at radius 3 is 2.00 bits per heavy atom. The maximum absolute atomic E-state index is 10.8. The number of hydrogen-bond donors (Lipinski definition) is 0. The summed E-state index contributed by atoms with van der Waals surface area (Å²) in [5.41, 5.74) is 0.171. The molecule has 54 valence electrons. The minimum absolute atomic E-state index is 0.110. The smallest absolute Gasteiger partial charge is 0.341 e. The van der Waals surface area contributed by atoms with Crippen molar-refractivity contribution in [3.8, 4) is 0 Å². The first kappa shape index (κ1) is 9.06. The van der Waals surface area contributed by atoms with E-state index in [0.717, 1.165) is 0 Å². The van der Waals surface area contributed by atoms with Crippen molar-refractivity contribution in [1.29, 1.82) is 0 Å². The van der Waals surface area contributed by atoms with E-state index in [1.807, 2.05) is 13.8 Å². The van der Waals surface area contributed by atoms with Gasteiger partial charge in [-0.3, -0.25) is 0 Å². The van der Waals surface area contributed by atoms with E-state index in [0.29, 0.717) is 0 Å². The first-order valence-electron chi connectivity index (χ1n) is 3.02. The summed E-state index contributed by atoms with van der Waals surface area (Å²) in [5.74, 6) is 0. The molecule has 0 fully saturated rings. The largest absolute Gasteiger partial charge is 0.377 e. The van der Waals surface area contributed by atoms with Gasteiger partial charge in [0.05, 0.1) is 0 Å². The second kappa shape index (κ2) is 3.97. The van der Waals surface area contributed by atoms with Gasteiger partial charge in [0.25, 0.3) is 0 Å². The van der Waals surface area contributed by atoms with Crippen molar-refractivity contribution >= 4 is 7.80 Å². The molecule has 0 aromatic heterocycles. The number of ether oxygens (including phenoxy) is 1. The van der Waals surface area contributed by atoms with Crippen LogP contribution in [0.2, 0.25) is 0 Å². The molecule has 0 rings (SSSR count). The normalized spacial score (nSPS) is 18.9. The van der Waals surface area contributed by atoms with E-state index in [1.54, 1.807) is 13.8 Å². The first-order chi connectivity index (χ1) is 4.09. The maximum atomic E-state index is 10.8. The molecule has 0 aromatic rings. The van der Waals surface area contributed by atoms with Crippen LogP contribution in [0.25, 0.3) is 0 Å². The lowest BCUT2D eigenvalue weighted by molar-refractivity contribution is 0.118. The third-order valence-corrected chi connectivity index (χ3v) is 3.19. The van der Waals surface area contributed by atoms with Gasteiger partial charge >= 0.3 is 7.80 Å². The lowest BCUT2D eigenvalue weighted by Gasteiger charge is -2.07. The zero-order valence-corrected chi connectivity index (χ0v) is 7.31. The molecule has 3 heteroatoms. The predicted molar refractivity (Wildman–Crippen MR) is 39.5 cm³/mol. The molecule has 0 aliphatic heterocycles. The van der Waals surface area contributed by atoms with E-state index in [1.165, 1.54) is 0 Å². The van der Waals surface area contributed by atoms with Crippen LogP contribution in [0.15, 0.2) is 0 Å². The molecule has 0 bridgehead atoms. The van der Waals surface area contributed by atoms with Crippen molar-refractivity contribution in [3.63, 3.8) is 0 Å². The second-order valence-corrected chi connectivity index (χ2v) is 4.13. The van der Waals surface area contributed by atoms with Crippen LogP contribution in [-0.2, 0) is 9.30 Å². The van der Waals surface area contributed by atoms with Crippen LogP contribution in [0.4, 0.5) is 0 Å². The van der Waals surface area contributed by atoms with E-state index in [-0.39, 0.29) is 11.8 Å². The Balaban J connectivity index is 3.72. The summed E-state index contributed by atoms with van der Waals surface area (Å²) in [6.07, 6.45) is 0.110. The summed E-state index contributed by atoms with van der Waals surface area (Å²) >= 11 is 0. The molecule has 0 N–H and O–H groups in total. The van der Waals surface area contributed by atoms with Crippen LogP contribution < -0.4 is 0 Å². The molecule has 0 aromatic carbocycles. The molecule has 0 saturated heterocycles. The van der Waals surface area contributed by atoms with Crippen LogP contribution >= 0.6 is 7.80 Å². The molecule has 0 aliphatic rings. The minimum atomic E-state index is -1.08. The van der Waals surface area contributed by atoms with Crippen LogP contribution in [0.5, 0.6) is 0 Å². The highest BCUT2D eigenvalue weighted by Gasteiger charge is 2.25. The van der Waals surface area contributed by atoms with E-state index in [4.69, 9.17) is 4.74 Å². The minimum Gasteiger partial charge on any atom is -0.377 e. The van der Waals surface area contributed by atoms with Crippen molar-refractivity contribution in [2.24, 2.45) is 0 Å². The monoisotopic (exact) mass is 149 g/mol. The Labute approximate surface area is 57.4 Å². The molecule has 0 amide bonds. The van der Waals surface area contributed by atoms with Crippen LogP contribution in [0, 0.1) is 0 Å². The standard InChI is InChI=1S/C6H14O2P/c1-5(8-3)6(2)9(4)7/h5-6H,1-4H3/q+1. The zero-order chi connectivity index (χ0) is 7.44. The Morgan fingerprint density at radius 2 is 1.89 bits per heavy atom. The highest BCUT2D eigenvalue weighted by Crippen LogP contribution is 2.25. The first-order valence-corrected chi connectivity index (χ1v) is 4.80. The fourth-order valence-corrected chi connectivity index (χ4v) is 1.21. The van der Waals surface area contributed by atoms with Crippen molar-refractivity contribution in [3.05, 3.63) is 0 Å². The molecule has 0 heterocycles. The van der Waals surface area contributed by atoms with Gasteiger partial charge in [0.1, 0.15) is 12.8 Å². The Bertz CT molecular complexity index is 103. The van der Waals surface area contributed by atoms with Gasteiger partial charge in [-0.15, -0.1) is 0 Å². The molecule has 3 unspecified atom stereocenters. The summed E-state index contributed by atoms with van der Waals surface area (Å²) < 4.78 is 15.8. The lowest BCUT2D eigenvalue weighted by Crippen LogP contribution is -2.17. The van der Waals surface area contributed by atoms with Gasteiger partial charge in [0.2, 0.25) is 0 Å². The summed E-state index contributed by atoms with van der Waals surface area (Å²) in [4.78, 5) is 0. The Morgan fingerprint density at radius 1 is 1.44 bits per heavy atom. The van der Waals surface area contributed by atoms with Gasteiger partial charge in [-0.1, -0.05) is 4.57 Å². The zero-order valence-electron chi connectivity index (χ0n) is 6.42. The molecule has 9 heavy (non-hydrogen) atoms. The summed E-state index contributed by atoms with van der Waals surface area (Å²) in [6, 6.07) is 0. The van der Waals surface area contributed by atoms with E-state index < -0.39 is 7.80 Å². The Hall–Kier alpha value is 0.0600. The van der Waals surface area contributed by atoms with Gasteiger partial charge in [-0.05, 0) is 13.8 Å². The second-order valence-electron chi connectivity index (χ2n) is 2.23. The number of rotatable bonds is 3. The van der Waals surface area contributed by atoms with Gasteiger partial charge in [-0.2, -0.15) is 0 Å². The molecule has 0 aliphatic carbocycles. The van der Waals surface area contributed by atoms with E-state index in [9.17, 15) is 4.57 Å². The van der Waals surface area contributed by atoms with Gasteiger partial charge < -0.3 is 4.74 Å². The fraction of sp³-hybridized carbons (Fsp3) is 1.00. The molecule has 0 spiro atoms. The topological polar surface area (TPSA) is 26.3 Å². The van der Waals surface area contributed by atoms with E-state index >= 15 is 0 Å². The van der Waals surface area contributed by atoms with Crippen LogP contribution in [-0.4, -0.2) is 25.5 Å². The van der Waals surface area contributed by atoms with Crippen molar-refractivity contribution in [2.45, 2.75) is 25.6 Å².